The Balaban J connectivity index is 1.47. The highest BCUT2D eigenvalue weighted by molar-refractivity contribution is 5.95. The van der Waals surface area contributed by atoms with Gasteiger partial charge < -0.3 is 10.6 Å². The molecular formula is C26H27N5O. The molecule has 0 spiro atoms. The number of hydrogen-bond acceptors (Lipinski definition) is 4. The van der Waals surface area contributed by atoms with Gasteiger partial charge in [-0.2, -0.15) is 5.10 Å². The minimum atomic E-state index is -0.481. The number of nitrogens with one attached hydrogen (secondary N) is 2. The normalized spacial score (nSPS) is 11.8. The van der Waals surface area contributed by atoms with E-state index >= 15 is 0 Å². The molecule has 2 aromatic heterocycles. The summed E-state index contributed by atoms with van der Waals surface area (Å²) in [5, 5.41) is 10.6. The van der Waals surface area contributed by atoms with Crippen molar-refractivity contribution in [3.05, 3.63) is 102 Å². The Hall–Kier alpha value is -3.77. The van der Waals surface area contributed by atoms with Gasteiger partial charge in [-0.25, -0.2) is 4.98 Å². The first-order valence-corrected chi connectivity index (χ1v) is 10.7. The molecule has 2 aromatic carbocycles. The highest BCUT2D eigenvalue weighted by atomic mass is 16.2. The van der Waals surface area contributed by atoms with Crippen LogP contribution in [0, 0.1) is 6.92 Å². The van der Waals surface area contributed by atoms with Gasteiger partial charge in [-0.1, -0.05) is 66.2 Å². The van der Waals surface area contributed by atoms with Gasteiger partial charge >= 0.3 is 0 Å². The molecule has 4 rings (SSSR count). The molecular weight excluding hydrogens is 398 g/mol. The van der Waals surface area contributed by atoms with Crippen LogP contribution in [0.5, 0.6) is 0 Å². The minimum absolute atomic E-state index is 0.143. The fourth-order valence-corrected chi connectivity index (χ4v) is 3.54. The van der Waals surface area contributed by atoms with Gasteiger partial charge in [0.05, 0.1) is 11.9 Å². The van der Waals surface area contributed by atoms with Crippen LogP contribution in [0.1, 0.15) is 22.7 Å². The summed E-state index contributed by atoms with van der Waals surface area (Å²) in [6.45, 7) is 2.76. The van der Waals surface area contributed by atoms with Crippen LogP contribution in [0.15, 0.2) is 85.2 Å². The Kier molecular flexibility index (Phi) is 6.72. The Morgan fingerprint density at radius 2 is 1.78 bits per heavy atom. The third kappa shape index (κ3) is 5.47. The molecule has 2 N–H and O–H groups in total. The van der Waals surface area contributed by atoms with Gasteiger partial charge in [0.15, 0.2) is 0 Å². The lowest BCUT2D eigenvalue weighted by Gasteiger charge is -2.19. The van der Waals surface area contributed by atoms with Crippen molar-refractivity contribution in [2.24, 2.45) is 7.05 Å². The highest BCUT2D eigenvalue weighted by Gasteiger charge is 2.20. The minimum Gasteiger partial charge on any atom is -0.309 e. The maximum atomic E-state index is 13.2. The van der Waals surface area contributed by atoms with Crippen molar-refractivity contribution in [1.29, 1.82) is 0 Å². The van der Waals surface area contributed by atoms with Crippen molar-refractivity contribution < 1.29 is 4.79 Å². The zero-order valence-electron chi connectivity index (χ0n) is 18.3. The van der Waals surface area contributed by atoms with E-state index in [4.69, 9.17) is 0 Å². The quantitative estimate of drug-likeness (QED) is 0.441. The number of anilines is 1. The number of aromatic nitrogens is 3. The van der Waals surface area contributed by atoms with E-state index in [9.17, 15) is 4.79 Å². The van der Waals surface area contributed by atoms with E-state index in [2.05, 4.69) is 51.9 Å². The van der Waals surface area contributed by atoms with Gasteiger partial charge in [0.2, 0.25) is 5.91 Å². The van der Waals surface area contributed by atoms with E-state index in [0.29, 0.717) is 12.4 Å². The number of benzene rings is 2. The first-order chi connectivity index (χ1) is 15.6. The van der Waals surface area contributed by atoms with Crippen LogP contribution in [0.25, 0.3) is 11.3 Å². The summed E-state index contributed by atoms with van der Waals surface area (Å²) < 4.78 is 1.73. The molecule has 0 bridgehead atoms. The van der Waals surface area contributed by atoms with Crippen molar-refractivity contribution in [3.63, 3.8) is 0 Å². The maximum Gasteiger partial charge on any atom is 0.247 e. The first kappa shape index (κ1) is 21.5. The Morgan fingerprint density at radius 3 is 2.50 bits per heavy atom. The average Bonchev–Trinajstić information content (AvgIpc) is 3.25. The van der Waals surface area contributed by atoms with Crippen LogP contribution in [0.4, 0.5) is 5.82 Å². The smallest absolute Gasteiger partial charge is 0.247 e. The molecule has 2 heterocycles. The Morgan fingerprint density at radius 1 is 1.00 bits per heavy atom. The summed E-state index contributed by atoms with van der Waals surface area (Å²) in [5.41, 5.74) is 5.06. The second kappa shape index (κ2) is 10.0. The molecule has 0 aliphatic carbocycles. The molecule has 0 fully saturated rings. The first-order valence-electron chi connectivity index (χ1n) is 10.7. The average molecular weight is 426 g/mol. The topological polar surface area (TPSA) is 71.8 Å². The predicted molar refractivity (Wildman–Crippen MR) is 127 cm³/mol. The zero-order valence-corrected chi connectivity index (χ0v) is 18.3. The number of amides is 1. The van der Waals surface area contributed by atoms with Gasteiger partial charge in [0.25, 0.3) is 0 Å². The number of carbonyl (C=O) groups is 1. The lowest BCUT2D eigenvalue weighted by Crippen LogP contribution is -2.34. The van der Waals surface area contributed by atoms with Gasteiger partial charge in [-0.3, -0.25) is 9.48 Å². The monoisotopic (exact) mass is 425 g/mol. The van der Waals surface area contributed by atoms with E-state index in [1.165, 1.54) is 11.1 Å². The van der Waals surface area contributed by atoms with Crippen molar-refractivity contribution in [2.45, 2.75) is 19.4 Å². The zero-order chi connectivity index (χ0) is 22.3. The van der Waals surface area contributed by atoms with Crippen LogP contribution in [-0.2, 0) is 18.3 Å². The SMILES string of the molecule is Cc1ccc(CCN[C@@H](C(=O)Nc2cccc(-c3cnn(C)c3)n2)c2ccccc2)cc1. The molecule has 0 saturated carbocycles. The van der Waals surface area contributed by atoms with E-state index in [-0.39, 0.29) is 5.91 Å². The summed E-state index contributed by atoms with van der Waals surface area (Å²) >= 11 is 0. The molecule has 32 heavy (non-hydrogen) atoms. The Labute approximate surface area is 188 Å². The highest BCUT2D eigenvalue weighted by Crippen LogP contribution is 2.20. The van der Waals surface area contributed by atoms with Crippen molar-refractivity contribution >= 4 is 11.7 Å². The van der Waals surface area contributed by atoms with Crippen LogP contribution in [-0.4, -0.2) is 27.2 Å². The number of hydrogen-bond donors (Lipinski definition) is 2. The summed E-state index contributed by atoms with van der Waals surface area (Å²) in [6, 6.07) is 23.3. The predicted octanol–water partition coefficient (Wildman–Crippen LogP) is 4.30. The number of rotatable bonds is 8. The second-order valence-corrected chi connectivity index (χ2v) is 7.83. The third-order valence-corrected chi connectivity index (χ3v) is 5.28. The molecule has 0 radical (unpaired) electrons. The molecule has 1 amide bonds. The van der Waals surface area contributed by atoms with Crippen molar-refractivity contribution in [2.75, 3.05) is 11.9 Å². The van der Waals surface area contributed by atoms with Crippen LogP contribution >= 0.6 is 0 Å². The van der Waals surface area contributed by atoms with Gasteiger partial charge in [-0.15, -0.1) is 0 Å². The van der Waals surface area contributed by atoms with E-state index < -0.39 is 6.04 Å². The third-order valence-electron chi connectivity index (χ3n) is 5.28. The molecule has 0 saturated heterocycles. The molecule has 6 heteroatoms. The van der Waals surface area contributed by atoms with Gasteiger partial charge in [-0.05, 0) is 36.6 Å². The van der Waals surface area contributed by atoms with Crippen LogP contribution in [0.2, 0.25) is 0 Å². The summed E-state index contributed by atoms with van der Waals surface area (Å²) in [5.74, 6) is 0.369. The van der Waals surface area contributed by atoms with E-state index in [1.807, 2.05) is 55.7 Å². The van der Waals surface area contributed by atoms with Gasteiger partial charge in [0, 0.05) is 25.4 Å². The number of aryl methyl sites for hydroxylation is 2. The molecule has 162 valence electrons. The summed E-state index contributed by atoms with van der Waals surface area (Å²) in [6.07, 6.45) is 4.49. The summed E-state index contributed by atoms with van der Waals surface area (Å²) in [4.78, 5) is 17.8. The fraction of sp³-hybridized carbons (Fsp3) is 0.192. The van der Waals surface area contributed by atoms with E-state index in [1.54, 1.807) is 16.9 Å². The van der Waals surface area contributed by atoms with Crippen LogP contribution in [0.3, 0.4) is 0 Å². The number of pyridine rings is 1. The van der Waals surface area contributed by atoms with Gasteiger partial charge in [0.1, 0.15) is 11.9 Å². The molecule has 1 atom stereocenters. The fourth-order valence-electron chi connectivity index (χ4n) is 3.54. The van der Waals surface area contributed by atoms with Crippen molar-refractivity contribution in [3.8, 4) is 11.3 Å². The second-order valence-electron chi connectivity index (χ2n) is 7.83. The lowest BCUT2D eigenvalue weighted by atomic mass is 10.1. The van der Waals surface area contributed by atoms with E-state index in [0.717, 1.165) is 23.2 Å². The Bertz CT molecular complexity index is 1170. The lowest BCUT2D eigenvalue weighted by molar-refractivity contribution is -0.118. The largest absolute Gasteiger partial charge is 0.309 e. The standard InChI is InChI=1S/C26H27N5O/c1-19-11-13-20(14-12-19)15-16-27-25(21-7-4-3-5-8-21)26(32)30-24-10-6-9-23(29-24)22-17-28-31(2)18-22/h3-14,17-18,25,27H,15-16H2,1-2H3,(H,29,30,32)/t25-/m1/s1. The number of nitrogens with zero attached hydrogens (tertiary/aromatic N) is 3. The molecule has 0 unspecified atom stereocenters. The van der Waals surface area contributed by atoms with Crippen molar-refractivity contribution in [1.82, 2.24) is 20.1 Å². The summed E-state index contributed by atoms with van der Waals surface area (Å²) in [7, 11) is 1.86. The molecule has 4 aromatic rings. The van der Waals surface area contributed by atoms with Crippen LogP contribution < -0.4 is 10.6 Å². The number of carbonyl (C=O) groups excluding carboxylic acids is 1. The maximum absolute atomic E-state index is 13.2. The molecule has 0 aliphatic rings. The molecule has 0 aliphatic heterocycles. The molecule has 6 nitrogen and oxygen atoms in total.